The van der Waals surface area contributed by atoms with Gasteiger partial charge in [0.15, 0.2) is 5.82 Å². The van der Waals surface area contributed by atoms with Gasteiger partial charge in [-0.15, -0.1) is 0 Å². The molecular weight excluding hydrogens is 350 g/mol. The van der Waals surface area contributed by atoms with Crippen molar-refractivity contribution in [2.24, 2.45) is 5.92 Å². The molecule has 1 aromatic carbocycles. The number of nitrogens with one attached hydrogen (secondary N) is 3. The molecule has 7 nitrogen and oxygen atoms in total. The molecule has 0 fully saturated rings. The van der Waals surface area contributed by atoms with Gasteiger partial charge >= 0.3 is 0 Å². The van der Waals surface area contributed by atoms with Crippen LogP contribution in [0.4, 0.5) is 5.69 Å². The minimum atomic E-state index is 0.216. The van der Waals surface area contributed by atoms with Crippen LogP contribution in [0.2, 0.25) is 0 Å². The number of benzene rings is 1. The smallest absolute Gasteiger partial charge is 0.184 e. The van der Waals surface area contributed by atoms with E-state index in [9.17, 15) is 5.26 Å². The van der Waals surface area contributed by atoms with Crippen LogP contribution < -0.4 is 5.32 Å². The number of fused-ring (bicyclic) bond motifs is 3. The molecule has 28 heavy (non-hydrogen) atoms. The van der Waals surface area contributed by atoms with Gasteiger partial charge in [0.05, 0.1) is 34.1 Å². The maximum atomic E-state index is 9.18. The van der Waals surface area contributed by atoms with Gasteiger partial charge in [0.25, 0.3) is 0 Å². The second-order valence-corrected chi connectivity index (χ2v) is 7.76. The second kappa shape index (κ2) is 6.97. The highest BCUT2D eigenvalue weighted by Gasteiger charge is 2.23. The van der Waals surface area contributed by atoms with Gasteiger partial charge in [-0.25, -0.2) is 9.97 Å². The molecule has 2 aliphatic rings. The van der Waals surface area contributed by atoms with Crippen LogP contribution in [-0.2, 0) is 6.42 Å². The number of rotatable bonds is 5. The number of nitriles is 1. The third kappa shape index (κ3) is 3.18. The van der Waals surface area contributed by atoms with Crippen molar-refractivity contribution in [3.8, 4) is 28.8 Å². The maximum absolute atomic E-state index is 9.18. The molecule has 0 aliphatic carbocycles. The lowest BCUT2D eigenvalue weighted by Crippen LogP contribution is -2.12. The SMILES string of the molecule is CC(C)Cc1nc(-c2c[nH]c3c4ccc(C#N)cc4nc-3c2NC(C)C)n[nH]1. The molecule has 0 atom stereocenters. The normalized spacial score (nSPS) is 11.6. The van der Waals surface area contributed by atoms with E-state index in [1.807, 2.05) is 24.4 Å². The minimum Gasteiger partial charge on any atom is -0.380 e. The predicted molar refractivity (Wildman–Crippen MR) is 110 cm³/mol. The van der Waals surface area contributed by atoms with Crippen molar-refractivity contribution < 1.29 is 0 Å². The summed E-state index contributed by atoms with van der Waals surface area (Å²) in [6, 6.07) is 7.96. The molecule has 3 N–H and O–H groups in total. The zero-order valence-corrected chi connectivity index (χ0v) is 16.5. The fourth-order valence-electron chi connectivity index (χ4n) is 3.38. The first-order valence-corrected chi connectivity index (χ1v) is 9.49. The number of hydrogen-bond donors (Lipinski definition) is 3. The fraction of sp³-hybridized carbons (Fsp3) is 0.333. The highest BCUT2D eigenvalue weighted by atomic mass is 15.2. The Morgan fingerprint density at radius 2 is 2.00 bits per heavy atom. The molecule has 2 aromatic rings. The summed E-state index contributed by atoms with van der Waals surface area (Å²) < 4.78 is 0. The van der Waals surface area contributed by atoms with E-state index in [0.29, 0.717) is 17.3 Å². The molecule has 0 radical (unpaired) electrons. The van der Waals surface area contributed by atoms with E-state index >= 15 is 0 Å². The zero-order valence-electron chi connectivity index (χ0n) is 16.5. The third-order valence-corrected chi connectivity index (χ3v) is 4.54. The number of pyridine rings is 1. The van der Waals surface area contributed by atoms with E-state index in [2.05, 4.69) is 59.2 Å². The molecule has 7 heteroatoms. The van der Waals surface area contributed by atoms with Crippen LogP contribution in [0.5, 0.6) is 0 Å². The average molecular weight is 373 g/mol. The molecule has 0 amide bonds. The Kier molecular flexibility index (Phi) is 4.47. The first kappa shape index (κ1) is 18.0. The highest BCUT2D eigenvalue weighted by molar-refractivity contribution is 6.02. The van der Waals surface area contributed by atoms with Gasteiger partial charge in [0.1, 0.15) is 11.5 Å². The van der Waals surface area contributed by atoms with Crippen LogP contribution in [0.1, 0.15) is 39.1 Å². The number of aromatic nitrogens is 5. The number of hydrogen-bond acceptors (Lipinski definition) is 5. The van der Waals surface area contributed by atoms with Gasteiger partial charge in [0, 0.05) is 24.0 Å². The summed E-state index contributed by atoms with van der Waals surface area (Å²) in [4.78, 5) is 12.8. The molecule has 0 saturated heterocycles. The summed E-state index contributed by atoms with van der Waals surface area (Å²) in [5.41, 5.74) is 4.92. The van der Waals surface area contributed by atoms with Crippen molar-refractivity contribution in [2.75, 3.05) is 5.32 Å². The summed E-state index contributed by atoms with van der Waals surface area (Å²) >= 11 is 0. The molecule has 4 rings (SSSR count). The number of aromatic amines is 2. The van der Waals surface area contributed by atoms with Crippen LogP contribution >= 0.6 is 0 Å². The van der Waals surface area contributed by atoms with Crippen molar-refractivity contribution >= 4 is 16.6 Å². The van der Waals surface area contributed by atoms with E-state index in [-0.39, 0.29) is 6.04 Å². The largest absolute Gasteiger partial charge is 0.380 e. The summed E-state index contributed by atoms with van der Waals surface area (Å²) in [5, 5.41) is 21.2. The van der Waals surface area contributed by atoms with Gasteiger partial charge in [-0.1, -0.05) is 13.8 Å². The van der Waals surface area contributed by atoms with Crippen molar-refractivity contribution in [1.82, 2.24) is 25.1 Å². The molecule has 0 unspecified atom stereocenters. The summed E-state index contributed by atoms with van der Waals surface area (Å²) in [6.45, 7) is 8.49. The van der Waals surface area contributed by atoms with E-state index in [4.69, 9.17) is 4.98 Å². The molecule has 142 valence electrons. The average Bonchev–Trinajstić information content (AvgIpc) is 3.25. The van der Waals surface area contributed by atoms with Gasteiger partial charge < -0.3 is 10.3 Å². The topological polar surface area (TPSA) is 106 Å². The summed E-state index contributed by atoms with van der Waals surface area (Å²) in [5.74, 6) is 2.01. The van der Waals surface area contributed by atoms with Crippen LogP contribution in [0.3, 0.4) is 0 Å². The lowest BCUT2D eigenvalue weighted by molar-refractivity contribution is 0.622. The Morgan fingerprint density at radius 1 is 1.18 bits per heavy atom. The lowest BCUT2D eigenvalue weighted by Gasteiger charge is -2.16. The predicted octanol–water partition coefficient (Wildman–Crippen LogP) is 4.34. The zero-order chi connectivity index (χ0) is 19.8. The molecule has 0 bridgehead atoms. The van der Waals surface area contributed by atoms with Crippen LogP contribution in [0, 0.1) is 17.2 Å². The Morgan fingerprint density at radius 3 is 2.71 bits per heavy atom. The van der Waals surface area contributed by atoms with Crippen LogP contribution in [0.15, 0.2) is 24.4 Å². The van der Waals surface area contributed by atoms with Crippen molar-refractivity contribution in [1.29, 1.82) is 5.26 Å². The lowest BCUT2D eigenvalue weighted by atomic mass is 10.1. The first-order valence-electron chi connectivity index (χ1n) is 9.49. The number of nitrogens with zero attached hydrogens (tertiary/aromatic N) is 4. The highest BCUT2D eigenvalue weighted by Crippen LogP contribution is 2.40. The molecular formula is C21H23N7. The van der Waals surface area contributed by atoms with Gasteiger partial charge in [-0.05, 0) is 38.0 Å². The van der Waals surface area contributed by atoms with Crippen molar-refractivity contribution in [3.63, 3.8) is 0 Å². The summed E-state index contributed by atoms with van der Waals surface area (Å²) in [6.07, 6.45) is 2.77. The Balaban J connectivity index is 1.90. The molecule has 0 spiro atoms. The number of anilines is 1. The standard InChI is InChI=1S/C21H23N7/c1-11(2)7-17-26-21(28-27-17)15-10-23-18-14-6-5-13(9-22)8-16(14)25-20(18)19(15)24-12(3)4/h5-6,8,10-12,23-24H,7H2,1-4H3,(H,26,27,28). The molecule has 1 aromatic heterocycles. The maximum Gasteiger partial charge on any atom is 0.184 e. The monoisotopic (exact) mass is 373 g/mol. The van der Waals surface area contributed by atoms with Crippen molar-refractivity contribution in [3.05, 3.63) is 35.8 Å². The molecule has 2 aliphatic heterocycles. The third-order valence-electron chi connectivity index (χ3n) is 4.54. The van der Waals surface area contributed by atoms with Crippen molar-refractivity contribution in [2.45, 2.75) is 40.2 Å². The summed E-state index contributed by atoms with van der Waals surface area (Å²) in [7, 11) is 0. The molecule has 0 saturated carbocycles. The number of H-pyrrole nitrogens is 2. The van der Waals surface area contributed by atoms with Gasteiger partial charge in [-0.2, -0.15) is 10.4 Å². The van der Waals surface area contributed by atoms with Crippen LogP contribution in [0.25, 0.3) is 33.7 Å². The quantitative estimate of drug-likeness (QED) is 0.482. The molecule has 3 heterocycles. The minimum absolute atomic E-state index is 0.216. The Hall–Kier alpha value is -3.40. The van der Waals surface area contributed by atoms with Gasteiger partial charge in [0.2, 0.25) is 0 Å². The van der Waals surface area contributed by atoms with E-state index in [1.165, 1.54) is 0 Å². The fourth-order valence-corrected chi connectivity index (χ4v) is 3.38. The van der Waals surface area contributed by atoms with Gasteiger partial charge in [-0.3, -0.25) is 5.10 Å². The second-order valence-electron chi connectivity index (χ2n) is 7.76. The first-order chi connectivity index (χ1) is 13.5. The van der Waals surface area contributed by atoms with E-state index < -0.39 is 0 Å². The van der Waals surface area contributed by atoms with Crippen LogP contribution in [-0.4, -0.2) is 31.2 Å². The Labute approximate surface area is 163 Å². The Bertz CT molecular complexity index is 1140. The van der Waals surface area contributed by atoms with E-state index in [1.54, 1.807) is 0 Å². The van der Waals surface area contributed by atoms with E-state index in [0.717, 1.165) is 45.8 Å².